The van der Waals surface area contributed by atoms with Crippen LogP contribution in [0, 0.1) is 0 Å². The molecule has 0 saturated carbocycles. The number of likely N-dealkylation sites (tertiary alicyclic amines) is 1. The fraction of sp³-hybridized carbons (Fsp3) is 0.261. The van der Waals surface area contributed by atoms with Crippen LogP contribution < -0.4 is 5.73 Å². The van der Waals surface area contributed by atoms with Crippen molar-refractivity contribution in [1.82, 2.24) is 24.2 Å². The molecule has 1 aliphatic heterocycles. The van der Waals surface area contributed by atoms with Gasteiger partial charge in [0.2, 0.25) is 0 Å². The van der Waals surface area contributed by atoms with Crippen LogP contribution in [0.5, 0.6) is 0 Å². The van der Waals surface area contributed by atoms with E-state index in [1.807, 2.05) is 60.8 Å². The van der Waals surface area contributed by atoms with Gasteiger partial charge < -0.3 is 15.2 Å². The monoisotopic (exact) mass is 434 g/mol. The summed E-state index contributed by atoms with van der Waals surface area (Å²) >= 11 is 6.17. The predicted molar refractivity (Wildman–Crippen MR) is 121 cm³/mol. The number of hydrogen-bond acceptors (Lipinski definition) is 3. The lowest BCUT2D eigenvalue weighted by molar-refractivity contribution is 0.191. The normalized spacial score (nSPS) is 15.0. The molecule has 1 saturated heterocycles. The van der Waals surface area contributed by atoms with Gasteiger partial charge in [0.1, 0.15) is 0 Å². The first-order valence-electron chi connectivity index (χ1n) is 10.3. The minimum Gasteiger partial charge on any atom is -0.351 e. The van der Waals surface area contributed by atoms with E-state index >= 15 is 0 Å². The molecule has 0 bridgehead atoms. The summed E-state index contributed by atoms with van der Waals surface area (Å²) in [5.74, 6) is 0.296. The van der Waals surface area contributed by atoms with E-state index < -0.39 is 0 Å². The molecule has 2 N–H and O–H groups in total. The number of fused-ring (bicyclic) bond motifs is 1. The Bertz CT molecular complexity index is 1250. The molecule has 0 atom stereocenters. The molecule has 158 valence electrons. The summed E-state index contributed by atoms with van der Waals surface area (Å²) in [6.07, 6.45) is 9.40. The number of hydrogen-bond donors (Lipinski definition) is 1. The highest BCUT2D eigenvalue weighted by molar-refractivity contribution is 6.30. The first-order valence-corrected chi connectivity index (χ1v) is 10.7. The number of nitrogens with zero attached hydrogens (tertiary/aromatic N) is 5. The van der Waals surface area contributed by atoms with Gasteiger partial charge in [-0.25, -0.2) is 4.79 Å². The molecule has 4 aromatic rings. The van der Waals surface area contributed by atoms with Crippen molar-refractivity contribution in [2.75, 3.05) is 13.1 Å². The van der Waals surface area contributed by atoms with E-state index in [-0.39, 0.29) is 6.03 Å². The van der Waals surface area contributed by atoms with E-state index in [4.69, 9.17) is 17.3 Å². The van der Waals surface area contributed by atoms with Gasteiger partial charge >= 0.3 is 6.03 Å². The number of halogens is 1. The lowest BCUT2D eigenvalue weighted by Gasteiger charge is -2.31. The number of primary amides is 1. The molecular weight excluding hydrogens is 412 g/mol. The highest BCUT2D eigenvalue weighted by atomic mass is 35.5. The van der Waals surface area contributed by atoms with E-state index in [1.54, 1.807) is 4.90 Å². The Morgan fingerprint density at radius 1 is 1.13 bits per heavy atom. The van der Waals surface area contributed by atoms with Gasteiger partial charge in [-0.1, -0.05) is 11.6 Å². The maximum absolute atomic E-state index is 11.6. The zero-order chi connectivity index (χ0) is 21.5. The Kier molecular flexibility index (Phi) is 4.90. The number of benzene rings is 1. The topological polar surface area (TPSA) is 82.0 Å². The van der Waals surface area contributed by atoms with Crippen molar-refractivity contribution < 1.29 is 4.79 Å². The van der Waals surface area contributed by atoms with Crippen LogP contribution >= 0.6 is 11.6 Å². The first kappa shape index (κ1) is 19.6. The summed E-state index contributed by atoms with van der Waals surface area (Å²) in [6, 6.07) is 9.58. The highest BCUT2D eigenvalue weighted by Gasteiger charge is 2.30. The average molecular weight is 435 g/mol. The Morgan fingerprint density at radius 2 is 1.87 bits per heavy atom. The van der Waals surface area contributed by atoms with E-state index in [0.717, 1.165) is 35.3 Å². The summed E-state index contributed by atoms with van der Waals surface area (Å²) in [5.41, 5.74) is 11.0. The predicted octanol–water partition coefficient (Wildman–Crippen LogP) is 4.34. The largest absolute Gasteiger partial charge is 0.351 e. The molecule has 1 aromatic carbocycles. The molecule has 31 heavy (non-hydrogen) atoms. The second kappa shape index (κ2) is 7.74. The second-order valence-electron chi connectivity index (χ2n) is 7.97. The van der Waals surface area contributed by atoms with E-state index in [0.29, 0.717) is 24.0 Å². The minimum absolute atomic E-state index is 0.296. The Morgan fingerprint density at radius 3 is 2.52 bits per heavy atom. The molecule has 8 heteroatoms. The average Bonchev–Trinajstić information content (AvgIpc) is 3.35. The van der Waals surface area contributed by atoms with Gasteiger partial charge in [-0.3, -0.25) is 9.67 Å². The van der Waals surface area contributed by atoms with Gasteiger partial charge in [0.05, 0.1) is 23.6 Å². The van der Waals surface area contributed by atoms with Crippen molar-refractivity contribution in [2.24, 2.45) is 12.8 Å². The standard InChI is InChI=1S/C23H23ClN6O/c1-28-14-16(12-27-28)22-21(15-7-10-29(11-8-15)23(25)31)19-6-9-26-13-20(19)30(22)18-4-2-17(24)3-5-18/h2-6,9,12-15H,7-8,10-11H2,1H3,(H2,25,31). The molecular formula is C23H23ClN6O. The summed E-state index contributed by atoms with van der Waals surface area (Å²) in [6.45, 7) is 1.32. The molecule has 0 aliphatic carbocycles. The number of amides is 2. The van der Waals surface area contributed by atoms with E-state index in [1.165, 1.54) is 10.9 Å². The smallest absolute Gasteiger partial charge is 0.314 e. The molecule has 7 nitrogen and oxygen atoms in total. The number of carbonyl (C=O) groups excluding carboxylic acids is 1. The number of aromatic nitrogens is 4. The molecule has 0 spiro atoms. The summed E-state index contributed by atoms with van der Waals surface area (Å²) in [7, 11) is 1.92. The van der Waals surface area contributed by atoms with Crippen molar-refractivity contribution >= 4 is 28.5 Å². The van der Waals surface area contributed by atoms with Gasteiger partial charge in [-0.2, -0.15) is 5.10 Å². The SMILES string of the molecule is Cn1cc(-c2c(C3CCN(C(N)=O)CC3)c3ccncc3n2-c2ccc(Cl)cc2)cn1. The van der Waals surface area contributed by atoms with Crippen molar-refractivity contribution in [2.45, 2.75) is 18.8 Å². The molecule has 4 heterocycles. The third-order valence-corrected chi connectivity index (χ3v) is 6.34. The fourth-order valence-corrected chi connectivity index (χ4v) is 4.77. The number of rotatable bonds is 3. The quantitative estimate of drug-likeness (QED) is 0.520. The van der Waals surface area contributed by atoms with Crippen LogP contribution in [-0.4, -0.2) is 43.4 Å². The van der Waals surface area contributed by atoms with Gasteiger partial charge in [-0.05, 0) is 54.7 Å². The molecule has 2 amide bonds. The number of carbonyl (C=O) groups is 1. The van der Waals surface area contributed by atoms with Crippen molar-refractivity contribution in [3.05, 3.63) is 65.7 Å². The summed E-state index contributed by atoms with van der Waals surface area (Å²) < 4.78 is 4.06. The van der Waals surface area contributed by atoms with Gasteiger partial charge in [-0.15, -0.1) is 0 Å². The molecule has 0 unspecified atom stereocenters. The number of piperidine rings is 1. The van der Waals surface area contributed by atoms with Crippen LogP contribution in [0.1, 0.15) is 24.3 Å². The van der Waals surface area contributed by atoms with Crippen LogP contribution in [-0.2, 0) is 7.05 Å². The zero-order valence-electron chi connectivity index (χ0n) is 17.2. The van der Waals surface area contributed by atoms with Gasteiger partial charge in [0.25, 0.3) is 0 Å². The third kappa shape index (κ3) is 3.45. The van der Waals surface area contributed by atoms with Crippen LogP contribution in [0.4, 0.5) is 4.79 Å². The van der Waals surface area contributed by atoms with Gasteiger partial charge in [0, 0.05) is 54.2 Å². The van der Waals surface area contributed by atoms with E-state index in [9.17, 15) is 4.79 Å². The third-order valence-electron chi connectivity index (χ3n) is 6.09. The lowest BCUT2D eigenvalue weighted by atomic mass is 9.86. The second-order valence-corrected chi connectivity index (χ2v) is 8.41. The number of urea groups is 1. The van der Waals surface area contributed by atoms with Crippen molar-refractivity contribution in [1.29, 1.82) is 0 Å². The zero-order valence-corrected chi connectivity index (χ0v) is 18.0. The van der Waals surface area contributed by atoms with Crippen LogP contribution in [0.2, 0.25) is 5.02 Å². The summed E-state index contributed by atoms with van der Waals surface area (Å²) in [4.78, 5) is 17.8. The Balaban J connectivity index is 1.75. The Hall–Kier alpha value is -3.32. The minimum atomic E-state index is -0.348. The Labute approximate surface area is 185 Å². The molecule has 0 radical (unpaired) electrons. The number of nitrogens with two attached hydrogens (primary N) is 1. The number of pyridine rings is 1. The highest BCUT2D eigenvalue weighted by Crippen LogP contribution is 2.43. The first-order chi connectivity index (χ1) is 15.0. The molecule has 5 rings (SSSR count). The van der Waals surface area contributed by atoms with E-state index in [2.05, 4.69) is 20.7 Å². The maximum Gasteiger partial charge on any atom is 0.314 e. The maximum atomic E-state index is 11.6. The van der Waals surface area contributed by atoms with Crippen LogP contribution in [0.3, 0.4) is 0 Å². The van der Waals surface area contributed by atoms with Crippen molar-refractivity contribution in [3.63, 3.8) is 0 Å². The van der Waals surface area contributed by atoms with Crippen LogP contribution in [0.25, 0.3) is 27.8 Å². The van der Waals surface area contributed by atoms with Crippen LogP contribution in [0.15, 0.2) is 55.1 Å². The lowest BCUT2D eigenvalue weighted by Crippen LogP contribution is -2.41. The number of aryl methyl sites for hydroxylation is 1. The molecule has 1 aliphatic rings. The molecule has 1 fully saturated rings. The summed E-state index contributed by atoms with van der Waals surface area (Å²) in [5, 5.41) is 6.29. The van der Waals surface area contributed by atoms with Gasteiger partial charge in [0.15, 0.2) is 0 Å². The fourth-order valence-electron chi connectivity index (χ4n) is 4.65. The van der Waals surface area contributed by atoms with Crippen molar-refractivity contribution in [3.8, 4) is 16.9 Å². The molecule has 3 aromatic heterocycles.